The van der Waals surface area contributed by atoms with Crippen LogP contribution in [0.5, 0.6) is 0 Å². The average molecular weight is 539 g/mol. The number of anilines is 2. The van der Waals surface area contributed by atoms with Crippen LogP contribution in [-0.2, 0) is 14.8 Å². The van der Waals surface area contributed by atoms with Crippen LogP contribution in [0.3, 0.4) is 0 Å². The zero-order chi connectivity index (χ0) is 27.7. The molecule has 10 nitrogen and oxygen atoms in total. The fraction of sp³-hybridized carbons (Fsp3) is 0.333. The highest BCUT2D eigenvalue weighted by Crippen LogP contribution is 2.23. The molecule has 1 aliphatic rings. The molecular weight excluding hydrogens is 504 g/mol. The molecule has 1 saturated heterocycles. The van der Waals surface area contributed by atoms with E-state index in [2.05, 4.69) is 15.3 Å². The lowest BCUT2D eigenvalue weighted by atomic mass is 10.1. The molecule has 3 aromatic rings. The molecular formula is C27H34N6O4S. The zero-order valence-corrected chi connectivity index (χ0v) is 23.0. The second-order valence-corrected chi connectivity index (χ2v) is 10.4. The summed E-state index contributed by atoms with van der Waals surface area (Å²) in [5, 5.41) is 3.14. The van der Waals surface area contributed by atoms with E-state index in [1.54, 1.807) is 84.6 Å². The van der Waals surface area contributed by atoms with Gasteiger partial charge in [0, 0.05) is 62.8 Å². The van der Waals surface area contributed by atoms with Crippen molar-refractivity contribution in [2.24, 2.45) is 0 Å². The minimum absolute atomic E-state index is 0.0686. The van der Waals surface area contributed by atoms with Crippen molar-refractivity contribution in [2.75, 3.05) is 45.1 Å². The van der Waals surface area contributed by atoms with Crippen LogP contribution in [0.4, 0.5) is 11.6 Å². The summed E-state index contributed by atoms with van der Waals surface area (Å²) in [6, 6.07) is 15.4. The van der Waals surface area contributed by atoms with Crippen LogP contribution >= 0.6 is 0 Å². The molecule has 2 amide bonds. The van der Waals surface area contributed by atoms with Crippen LogP contribution in [0, 0.1) is 0 Å². The number of hydrogen-bond donors (Lipinski definition) is 1. The number of nitrogens with zero attached hydrogens (tertiary/aromatic N) is 5. The maximum Gasteiger partial charge on any atom is 0.253 e. The van der Waals surface area contributed by atoms with E-state index >= 15 is 0 Å². The van der Waals surface area contributed by atoms with Gasteiger partial charge in [-0.2, -0.15) is 0 Å². The number of sulfonamides is 1. The Hall–Kier alpha value is -3.83. The number of benzene rings is 2. The molecule has 1 aliphatic heterocycles. The van der Waals surface area contributed by atoms with Crippen LogP contribution in [-0.4, -0.2) is 84.6 Å². The molecule has 2 heterocycles. The van der Waals surface area contributed by atoms with Crippen LogP contribution < -0.4 is 5.32 Å². The number of amides is 2. The van der Waals surface area contributed by atoms with Crippen molar-refractivity contribution in [3.05, 3.63) is 66.4 Å². The fourth-order valence-corrected chi connectivity index (χ4v) is 4.95. The minimum Gasteiger partial charge on any atom is -0.342 e. The average Bonchev–Trinajstić information content (AvgIpc) is 2.98. The number of carbonyl (C=O) groups is 2. The van der Waals surface area contributed by atoms with Crippen molar-refractivity contribution >= 4 is 34.0 Å². The van der Waals surface area contributed by atoms with E-state index in [-0.39, 0.29) is 10.8 Å². The van der Waals surface area contributed by atoms with Crippen LogP contribution in [0.15, 0.2) is 65.7 Å². The molecule has 11 heteroatoms. The second-order valence-electron chi connectivity index (χ2n) is 8.34. The Bertz CT molecular complexity index is 1320. The van der Waals surface area contributed by atoms with Crippen molar-refractivity contribution in [2.45, 2.75) is 25.7 Å². The summed E-state index contributed by atoms with van der Waals surface area (Å²) in [6.07, 6.45) is 2.43. The smallest absolute Gasteiger partial charge is 0.253 e. The second kappa shape index (κ2) is 13.1. The van der Waals surface area contributed by atoms with Gasteiger partial charge in [0.1, 0.15) is 0 Å². The standard InChI is InChI=1S/C25H28N6O4S.C2H6/c1-3-29(2)36(34,35)22-10-6-19(7-11-22)23-12-13-26-25(28-23)27-21-8-4-20(5-9-21)24(33)31-16-14-30(18-32)15-17-31;1-2/h4-13,18H,3,14-17H2,1-2H3,(H,26,27,28);1-2H3. The topological polar surface area (TPSA) is 116 Å². The SMILES string of the molecule is CC.CCN(C)S(=O)(=O)c1ccc(-c2ccnc(Nc3ccc(C(=O)N4CCN(C=O)CC4)cc3)n2)cc1. The molecule has 0 unspecified atom stereocenters. The molecule has 0 saturated carbocycles. The first-order valence-corrected chi connectivity index (χ1v) is 14.0. The third kappa shape index (κ3) is 6.73. The normalized spacial score (nSPS) is 13.5. The Labute approximate surface area is 224 Å². The van der Waals surface area contributed by atoms with Crippen molar-refractivity contribution < 1.29 is 18.0 Å². The van der Waals surface area contributed by atoms with Gasteiger partial charge in [-0.05, 0) is 42.5 Å². The minimum atomic E-state index is -3.51. The van der Waals surface area contributed by atoms with Gasteiger partial charge in [0.25, 0.3) is 5.91 Å². The van der Waals surface area contributed by atoms with E-state index in [0.29, 0.717) is 49.9 Å². The van der Waals surface area contributed by atoms with E-state index in [4.69, 9.17) is 0 Å². The summed E-state index contributed by atoms with van der Waals surface area (Å²) in [5.41, 5.74) is 2.69. The third-order valence-electron chi connectivity index (χ3n) is 6.10. The predicted molar refractivity (Wildman–Crippen MR) is 148 cm³/mol. The quantitative estimate of drug-likeness (QED) is 0.437. The van der Waals surface area contributed by atoms with E-state index in [1.165, 1.54) is 4.31 Å². The van der Waals surface area contributed by atoms with Crippen molar-refractivity contribution in [3.8, 4) is 11.3 Å². The van der Waals surface area contributed by atoms with Gasteiger partial charge in [0.2, 0.25) is 22.4 Å². The highest BCUT2D eigenvalue weighted by Gasteiger charge is 2.21. The van der Waals surface area contributed by atoms with Gasteiger partial charge in [0.05, 0.1) is 10.6 Å². The number of carbonyl (C=O) groups excluding carboxylic acids is 2. The number of hydrogen-bond acceptors (Lipinski definition) is 7. The Kier molecular flexibility index (Phi) is 9.91. The lowest BCUT2D eigenvalue weighted by molar-refractivity contribution is -0.119. The van der Waals surface area contributed by atoms with Crippen LogP contribution in [0.25, 0.3) is 11.3 Å². The Balaban J connectivity index is 0.00000195. The maximum absolute atomic E-state index is 12.7. The molecule has 4 rings (SSSR count). The molecule has 0 radical (unpaired) electrons. The molecule has 202 valence electrons. The molecule has 0 spiro atoms. The summed E-state index contributed by atoms with van der Waals surface area (Å²) < 4.78 is 26.3. The Morgan fingerprint density at radius 1 is 1.00 bits per heavy atom. The number of nitrogens with one attached hydrogen (secondary N) is 1. The summed E-state index contributed by atoms with van der Waals surface area (Å²) >= 11 is 0. The number of aromatic nitrogens is 2. The van der Waals surface area contributed by atoms with Gasteiger partial charge in [-0.3, -0.25) is 9.59 Å². The Morgan fingerprint density at radius 3 is 2.21 bits per heavy atom. The van der Waals surface area contributed by atoms with E-state index < -0.39 is 10.0 Å². The van der Waals surface area contributed by atoms with Gasteiger partial charge in [0.15, 0.2) is 0 Å². The molecule has 0 aliphatic carbocycles. The molecule has 0 bridgehead atoms. The summed E-state index contributed by atoms with van der Waals surface area (Å²) in [4.78, 5) is 36.0. The fourth-order valence-electron chi connectivity index (χ4n) is 3.77. The van der Waals surface area contributed by atoms with Crippen molar-refractivity contribution in [1.82, 2.24) is 24.1 Å². The van der Waals surface area contributed by atoms with Crippen LogP contribution in [0.1, 0.15) is 31.1 Å². The maximum atomic E-state index is 12.7. The lowest BCUT2D eigenvalue weighted by Crippen LogP contribution is -2.48. The van der Waals surface area contributed by atoms with Gasteiger partial charge >= 0.3 is 0 Å². The first-order chi connectivity index (χ1) is 18.3. The van der Waals surface area contributed by atoms with Gasteiger partial charge in [-0.1, -0.05) is 32.9 Å². The largest absolute Gasteiger partial charge is 0.342 e. The van der Waals surface area contributed by atoms with Crippen LogP contribution in [0.2, 0.25) is 0 Å². The zero-order valence-electron chi connectivity index (χ0n) is 22.2. The molecule has 1 fully saturated rings. The Morgan fingerprint density at radius 2 is 1.63 bits per heavy atom. The summed E-state index contributed by atoms with van der Waals surface area (Å²) in [6.45, 7) is 8.28. The first-order valence-electron chi connectivity index (χ1n) is 12.6. The molecule has 1 aromatic heterocycles. The highest BCUT2D eigenvalue weighted by atomic mass is 32.2. The van der Waals surface area contributed by atoms with E-state index in [1.807, 2.05) is 13.8 Å². The monoisotopic (exact) mass is 538 g/mol. The first kappa shape index (κ1) is 28.7. The van der Waals surface area contributed by atoms with E-state index in [0.717, 1.165) is 17.7 Å². The lowest BCUT2D eigenvalue weighted by Gasteiger charge is -2.32. The predicted octanol–water partition coefficient (Wildman–Crippen LogP) is 3.47. The number of rotatable bonds is 8. The van der Waals surface area contributed by atoms with E-state index in [9.17, 15) is 18.0 Å². The van der Waals surface area contributed by atoms with Gasteiger partial charge in [-0.25, -0.2) is 22.7 Å². The van der Waals surface area contributed by atoms with Crippen molar-refractivity contribution in [3.63, 3.8) is 0 Å². The molecule has 2 aromatic carbocycles. The van der Waals surface area contributed by atoms with Crippen molar-refractivity contribution in [1.29, 1.82) is 0 Å². The molecule has 1 N–H and O–H groups in total. The molecule has 38 heavy (non-hydrogen) atoms. The number of piperazine rings is 1. The highest BCUT2D eigenvalue weighted by molar-refractivity contribution is 7.89. The molecule has 0 atom stereocenters. The summed E-state index contributed by atoms with van der Waals surface area (Å²) in [5.74, 6) is 0.305. The van der Waals surface area contributed by atoms with Gasteiger partial charge < -0.3 is 15.1 Å². The van der Waals surface area contributed by atoms with Gasteiger partial charge in [-0.15, -0.1) is 0 Å². The third-order valence-corrected chi connectivity index (χ3v) is 8.04. The summed E-state index contributed by atoms with van der Waals surface area (Å²) in [7, 11) is -1.97.